The lowest BCUT2D eigenvalue weighted by atomic mass is 10.1. The molecule has 2 N–H and O–H groups in total. The number of nitro groups is 1. The molecule has 1 atom stereocenters. The number of nitro benzene ring substituents is 1. The third kappa shape index (κ3) is 3.40. The number of nitrogens with zero attached hydrogens (tertiary/aromatic N) is 1. The van der Waals surface area contributed by atoms with Gasteiger partial charge in [0.25, 0.3) is 0 Å². The van der Waals surface area contributed by atoms with Crippen molar-refractivity contribution in [2.45, 2.75) is 19.4 Å². The first-order valence-corrected chi connectivity index (χ1v) is 6.57. The van der Waals surface area contributed by atoms with Gasteiger partial charge in [0.15, 0.2) is 5.75 Å². The van der Waals surface area contributed by atoms with Crippen LogP contribution in [0, 0.1) is 10.1 Å². The fraction of sp³-hybridized carbons (Fsp3) is 0.462. The molecule has 8 heteroatoms. The Bertz CT molecular complexity index is 556. The molecule has 1 heterocycles. The van der Waals surface area contributed by atoms with E-state index in [-0.39, 0.29) is 35.4 Å². The Morgan fingerprint density at radius 2 is 2.33 bits per heavy atom. The average molecular weight is 296 g/mol. The standard InChI is InChI=1S/C13H16N2O6/c1-2-20-11-6-8(13(16)17)5-10(12(11)15(18)19)14-7-9-3-4-21-9/h5-6,9,14H,2-4,7H2,1H3,(H,16,17). The number of rotatable bonds is 7. The summed E-state index contributed by atoms with van der Waals surface area (Å²) < 4.78 is 10.4. The summed E-state index contributed by atoms with van der Waals surface area (Å²) >= 11 is 0. The SMILES string of the molecule is CCOc1cc(C(=O)O)cc(NCC2CCO2)c1[N+](=O)[O-]. The molecule has 1 aromatic carbocycles. The summed E-state index contributed by atoms with van der Waals surface area (Å²) in [5.74, 6) is -1.23. The minimum atomic E-state index is -1.17. The Hall–Kier alpha value is -2.35. The van der Waals surface area contributed by atoms with Gasteiger partial charge in [0.1, 0.15) is 5.69 Å². The van der Waals surface area contributed by atoms with Crippen molar-refractivity contribution in [2.24, 2.45) is 0 Å². The highest BCUT2D eigenvalue weighted by molar-refractivity contribution is 5.91. The number of benzene rings is 1. The van der Waals surface area contributed by atoms with E-state index in [1.807, 2.05) is 0 Å². The second-order valence-electron chi connectivity index (χ2n) is 4.53. The molecule has 0 radical (unpaired) electrons. The van der Waals surface area contributed by atoms with E-state index in [4.69, 9.17) is 14.6 Å². The van der Waals surface area contributed by atoms with Crippen LogP contribution in [0.5, 0.6) is 5.75 Å². The molecule has 1 aliphatic rings. The third-order valence-corrected chi connectivity index (χ3v) is 3.12. The van der Waals surface area contributed by atoms with Crippen LogP contribution in [0.3, 0.4) is 0 Å². The molecular formula is C13H16N2O6. The topological polar surface area (TPSA) is 111 Å². The normalized spacial score (nSPS) is 16.9. The molecule has 1 saturated heterocycles. The number of carboxylic acid groups (broad SMARTS) is 1. The Morgan fingerprint density at radius 3 is 2.81 bits per heavy atom. The zero-order valence-electron chi connectivity index (χ0n) is 11.5. The number of carbonyl (C=O) groups is 1. The van der Waals surface area contributed by atoms with Gasteiger partial charge in [-0.2, -0.15) is 0 Å². The lowest BCUT2D eigenvalue weighted by Crippen LogP contribution is -2.33. The van der Waals surface area contributed by atoms with Gasteiger partial charge in [0.2, 0.25) is 0 Å². The molecule has 114 valence electrons. The number of hydrogen-bond acceptors (Lipinski definition) is 6. The highest BCUT2D eigenvalue weighted by atomic mass is 16.6. The summed E-state index contributed by atoms with van der Waals surface area (Å²) in [5.41, 5.74) is -0.207. The third-order valence-electron chi connectivity index (χ3n) is 3.12. The number of carboxylic acids is 1. The van der Waals surface area contributed by atoms with Gasteiger partial charge in [-0.15, -0.1) is 0 Å². The predicted molar refractivity (Wildman–Crippen MR) is 74.1 cm³/mol. The first-order chi connectivity index (χ1) is 10.0. The Kier molecular flexibility index (Phi) is 4.59. The molecule has 8 nitrogen and oxygen atoms in total. The molecule has 0 saturated carbocycles. The van der Waals surface area contributed by atoms with Crippen molar-refractivity contribution < 1.29 is 24.3 Å². The minimum absolute atomic E-state index is 0.00590. The Morgan fingerprint density at radius 1 is 1.62 bits per heavy atom. The van der Waals surface area contributed by atoms with E-state index in [1.54, 1.807) is 6.92 Å². The van der Waals surface area contributed by atoms with E-state index in [9.17, 15) is 14.9 Å². The van der Waals surface area contributed by atoms with Crippen LogP contribution in [0.4, 0.5) is 11.4 Å². The summed E-state index contributed by atoms with van der Waals surface area (Å²) in [6, 6.07) is 2.40. The van der Waals surface area contributed by atoms with Gasteiger partial charge in [-0.05, 0) is 19.4 Å². The van der Waals surface area contributed by atoms with E-state index in [1.165, 1.54) is 6.07 Å². The Balaban J connectivity index is 2.36. The molecule has 0 spiro atoms. The lowest BCUT2D eigenvalue weighted by molar-refractivity contribution is -0.384. The van der Waals surface area contributed by atoms with Crippen molar-refractivity contribution in [1.82, 2.24) is 0 Å². The maximum atomic E-state index is 11.2. The van der Waals surface area contributed by atoms with Crippen LogP contribution in [0.2, 0.25) is 0 Å². The van der Waals surface area contributed by atoms with Gasteiger partial charge < -0.3 is 19.9 Å². The Labute approximate surface area is 120 Å². The van der Waals surface area contributed by atoms with E-state index in [0.29, 0.717) is 13.2 Å². The van der Waals surface area contributed by atoms with Gasteiger partial charge in [0, 0.05) is 19.2 Å². The minimum Gasteiger partial charge on any atom is -0.487 e. The molecule has 2 rings (SSSR count). The number of hydrogen-bond donors (Lipinski definition) is 2. The number of ether oxygens (including phenoxy) is 2. The molecular weight excluding hydrogens is 280 g/mol. The van der Waals surface area contributed by atoms with Gasteiger partial charge in [-0.1, -0.05) is 0 Å². The van der Waals surface area contributed by atoms with Gasteiger partial charge in [-0.25, -0.2) is 4.79 Å². The fourth-order valence-electron chi connectivity index (χ4n) is 1.99. The molecule has 1 fully saturated rings. The summed E-state index contributed by atoms with van der Waals surface area (Å²) in [7, 11) is 0. The first-order valence-electron chi connectivity index (χ1n) is 6.57. The number of anilines is 1. The zero-order valence-corrected chi connectivity index (χ0v) is 11.5. The van der Waals surface area contributed by atoms with Gasteiger partial charge >= 0.3 is 11.7 Å². The van der Waals surface area contributed by atoms with Crippen LogP contribution >= 0.6 is 0 Å². The van der Waals surface area contributed by atoms with Crippen molar-refractivity contribution in [3.63, 3.8) is 0 Å². The van der Waals surface area contributed by atoms with Crippen LogP contribution in [-0.2, 0) is 4.74 Å². The van der Waals surface area contributed by atoms with Gasteiger partial charge in [0.05, 0.1) is 23.2 Å². The zero-order chi connectivity index (χ0) is 15.4. The molecule has 0 aromatic heterocycles. The van der Waals surface area contributed by atoms with Crippen LogP contribution in [0.1, 0.15) is 23.7 Å². The van der Waals surface area contributed by atoms with Crippen molar-refractivity contribution >= 4 is 17.3 Å². The number of aromatic carboxylic acids is 1. The summed E-state index contributed by atoms with van der Waals surface area (Å²) in [4.78, 5) is 21.8. The van der Waals surface area contributed by atoms with E-state index in [0.717, 1.165) is 12.5 Å². The van der Waals surface area contributed by atoms with Crippen LogP contribution < -0.4 is 10.1 Å². The average Bonchev–Trinajstić information content (AvgIpc) is 2.36. The molecule has 0 amide bonds. The maximum absolute atomic E-state index is 11.2. The summed E-state index contributed by atoms with van der Waals surface area (Å²) in [6.45, 7) is 2.94. The largest absolute Gasteiger partial charge is 0.487 e. The van der Waals surface area contributed by atoms with Gasteiger partial charge in [-0.3, -0.25) is 10.1 Å². The van der Waals surface area contributed by atoms with Crippen molar-refractivity contribution in [2.75, 3.05) is 25.1 Å². The lowest BCUT2D eigenvalue weighted by Gasteiger charge is -2.26. The monoisotopic (exact) mass is 296 g/mol. The van der Waals surface area contributed by atoms with Crippen molar-refractivity contribution in [3.8, 4) is 5.75 Å². The predicted octanol–water partition coefficient (Wildman–Crippen LogP) is 1.89. The highest BCUT2D eigenvalue weighted by Crippen LogP contribution is 2.36. The molecule has 21 heavy (non-hydrogen) atoms. The molecule has 0 aliphatic carbocycles. The molecule has 1 unspecified atom stereocenters. The quantitative estimate of drug-likeness (QED) is 0.583. The van der Waals surface area contributed by atoms with E-state index < -0.39 is 10.9 Å². The van der Waals surface area contributed by atoms with E-state index >= 15 is 0 Å². The summed E-state index contributed by atoms with van der Waals surface area (Å²) in [5, 5.41) is 23.2. The van der Waals surface area contributed by atoms with E-state index in [2.05, 4.69) is 5.32 Å². The van der Waals surface area contributed by atoms with Crippen molar-refractivity contribution in [1.29, 1.82) is 0 Å². The van der Waals surface area contributed by atoms with Crippen molar-refractivity contribution in [3.05, 3.63) is 27.8 Å². The highest BCUT2D eigenvalue weighted by Gasteiger charge is 2.26. The molecule has 0 bridgehead atoms. The molecule has 1 aliphatic heterocycles. The first kappa shape index (κ1) is 15.0. The second kappa shape index (κ2) is 6.40. The number of nitrogens with one attached hydrogen (secondary N) is 1. The summed E-state index contributed by atoms with van der Waals surface area (Å²) in [6.07, 6.45) is 0.867. The van der Waals surface area contributed by atoms with Crippen LogP contribution in [-0.4, -0.2) is 41.9 Å². The van der Waals surface area contributed by atoms with Crippen LogP contribution in [0.15, 0.2) is 12.1 Å². The maximum Gasteiger partial charge on any atom is 0.335 e. The molecule has 1 aromatic rings. The van der Waals surface area contributed by atoms with Crippen LogP contribution in [0.25, 0.3) is 0 Å². The smallest absolute Gasteiger partial charge is 0.335 e. The second-order valence-corrected chi connectivity index (χ2v) is 4.53. The fourth-order valence-corrected chi connectivity index (χ4v) is 1.99.